The minimum atomic E-state index is -0.626. The minimum absolute atomic E-state index is 0.0270. The zero-order chi connectivity index (χ0) is 26.5. The molecule has 0 bridgehead atoms. The van der Waals surface area contributed by atoms with Gasteiger partial charge >= 0.3 is 12.1 Å². The summed E-state index contributed by atoms with van der Waals surface area (Å²) in [7, 11) is 0. The van der Waals surface area contributed by atoms with Gasteiger partial charge in [0.25, 0.3) is 0 Å². The number of benzene rings is 2. The van der Waals surface area contributed by atoms with Crippen molar-refractivity contribution in [1.82, 2.24) is 10.2 Å². The van der Waals surface area contributed by atoms with Crippen LogP contribution in [-0.4, -0.2) is 54.7 Å². The maximum absolute atomic E-state index is 12.9. The molecule has 1 N–H and O–H groups in total. The summed E-state index contributed by atoms with van der Waals surface area (Å²) in [6.45, 7) is 12.0. The van der Waals surface area contributed by atoms with E-state index in [2.05, 4.69) is 29.6 Å². The topological polar surface area (TPSA) is 84.9 Å². The van der Waals surface area contributed by atoms with Crippen molar-refractivity contribution in [2.24, 2.45) is 5.41 Å². The minimum Gasteiger partial charge on any atom is -0.459 e. The van der Waals surface area contributed by atoms with Gasteiger partial charge in [0.05, 0.1) is 0 Å². The van der Waals surface area contributed by atoms with Gasteiger partial charge < -0.3 is 19.7 Å². The largest absolute Gasteiger partial charge is 0.459 e. The first-order valence-electron chi connectivity index (χ1n) is 12.4. The molecule has 3 rings (SSSR count). The summed E-state index contributed by atoms with van der Waals surface area (Å²) < 4.78 is 10.9. The lowest BCUT2D eigenvalue weighted by Crippen LogP contribution is -2.43. The fraction of sp³-hybridized carbons (Fsp3) is 0.483. The van der Waals surface area contributed by atoms with E-state index >= 15 is 0 Å². The van der Waals surface area contributed by atoms with Crippen molar-refractivity contribution in [3.63, 3.8) is 0 Å². The van der Waals surface area contributed by atoms with Crippen LogP contribution in [0.4, 0.5) is 4.79 Å². The normalized spacial score (nSPS) is 12.9. The number of amides is 2. The number of rotatable bonds is 8. The van der Waals surface area contributed by atoms with Crippen LogP contribution in [-0.2, 0) is 19.1 Å². The molecule has 0 atom stereocenters. The van der Waals surface area contributed by atoms with Gasteiger partial charge in [0.2, 0.25) is 5.91 Å². The molecule has 1 aliphatic rings. The summed E-state index contributed by atoms with van der Waals surface area (Å²) >= 11 is 0. The van der Waals surface area contributed by atoms with Gasteiger partial charge in [-0.3, -0.25) is 9.59 Å². The van der Waals surface area contributed by atoms with Crippen LogP contribution >= 0.6 is 0 Å². The van der Waals surface area contributed by atoms with Gasteiger partial charge in [0.15, 0.2) is 0 Å². The Morgan fingerprint density at radius 2 is 1.44 bits per heavy atom. The van der Waals surface area contributed by atoms with Gasteiger partial charge in [0.1, 0.15) is 18.8 Å². The van der Waals surface area contributed by atoms with Crippen LogP contribution in [0.2, 0.25) is 0 Å². The third-order valence-electron chi connectivity index (χ3n) is 5.71. The number of nitrogens with zero attached hydrogens (tertiary/aromatic N) is 1. The molecule has 2 aromatic rings. The van der Waals surface area contributed by atoms with Crippen LogP contribution in [0.25, 0.3) is 11.1 Å². The summed E-state index contributed by atoms with van der Waals surface area (Å²) in [5.41, 5.74) is 3.79. The number of esters is 1. The molecule has 0 aromatic heterocycles. The zero-order valence-corrected chi connectivity index (χ0v) is 22.2. The third-order valence-corrected chi connectivity index (χ3v) is 5.71. The maximum Gasteiger partial charge on any atom is 0.407 e. The van der Waals surface area contributed by atoms with E-state index in [9.17, 15) is 14.4 Å². The second-order valence-corrected chi connectivity index (χ2v) is 11.4. The first-order valence-corrected chi connectivity index (χ1v) is 12.4. The van der Waals surface area contributed by atoms with Crippen LogP contribution < -0.4 is 5.32 Å². The first-order chi connectivity index (χ1) is 16.8. The second kappa shape index (κ2) is 11.1. The van der Waals surface area contributed by atoms with E-state index in [1.54, 1.807) is 20.8 Å². The highest BCUT2D eigenvalue weighted by molar-refractivity contribution is 5.83. The molecule has 2 aromatic carbocycles. The summed E-state index contributed by atoms with van der Waals surface area (Å²) in [5, 5.41) is 2.67. The van der Waals surface area contributed by atoms with Crippen LogP contribution in [0, 0.1) is 5.41 Å². The lowest BCUT2D eigenvalue weighted by Gasteiger charge is -2.30. The Hall–Kier alpha value is -3.35. The molecular formula is C29H38N2O5. The average Bonchev–Trinajstić information content (AvgIpc) is 3.09. The van der Waals surface area contributed by atoms with Gasteiger partial charge in [-0.2, -0.15) is 0 Å². The lowest BCUT2D eigenvalue weighted by atomic mass is 9.96. The molecule has 0 saturated carbocycles. The Morgan fingerprint density at radius 1 is 0.889 bits per heavy atom. The predicted molar refractivity (Wildman–Crippen MR) is 140 cm³/mol. The molecule has 7 nitrogen and oxygen atoms in total. The predicted octanol–water partition coefficient (Wildman–Crippen LogP) is 5.13. The van der Waals surface area contributed by atoms with Crippen LogP contribution in [0.1, 0.15) is 65.0 Å². The fourth-order valence-corrected chi connectivity index (χ4v) is 4.41. The van der Waals surface area contributed by atoms with Crippen LogP contribution in [0.5, 0.6) is 0 Å². The summed E-state index contributed by atoms with van der Waals surface area (Å²) in [6.07, 6.45) is -0.512. The number of carbonyl (C=O) groups is 3. The van der Waals surface area contributed by atoms with Gasteiger partial charge in [-0.1, -0.05) is 69.3 Å². The van der Waals surface area contributed by atoms with Crippen molar-refractivity contribution in [3.05, 3.63) is 59.7 Å². The van der Waals surface area contributed by atoms with E-state index in [4.69, 9.17) is 9.47 Å². The molecular weight excluding hydrogens is 456 g/mol. The van der Waals surface area contributed by atoms with E-state index in [-0.39, 0.29) is 43.4 Å². The first kappa shape index (κ1) is 27.2. The molecule has 0 fully saturated rings. The Labute approximate surface area is 214 Å². The number of hydrogen-bond donors (Lipinski definition) is 1. The van der Waals surface area contributed by atoms with Gasteiger partial charge in [-0.25, -0.2) is 4.79 Å². The van der Waals surface area contributed by atoms with E-state index in [0.717, 1.165) is 22.3 Å². The number of ether oxygens (including phenoxy) is 2. The molecule has 7 heteroatoms. The number of hydrogen-bond acceptors (Lipinski definition) is 5. The molecule has 36 heavy (non-hydrogen) atoms. The molecule has 2 amide bonds. The third kappa shape index (κ3) is 7.57. The number of alkyl carbamates (subject to hydrolysis) is 1. The molecule has 1 aliphatic carbocycles. The smallest absolute Gasteiger partial charge is 0.407 e. The average molecular weight is 495 g/mol. The Morgan fingerprint density at radius 3 is 1.97 bits per heavy atom. The number of fused-ring (bicyclic) bond motifs is 3. The molecule has 0 unspecified atom stereocenters. The van der Waals surface area contributed by atoms with Crippen LogP contribution in [0.3, 0.4) is 0 Å². The Balaban J connectivity index is 1.52. The maximum atomic E-state index is 12.9. The van der Waals surface area contributed by atoms with Gasteiger partial charge in [-0.05, 0) is 48.4 Å². The SMILES string of the molecule is CC(C)(C)CN(CC(=O)OC(C)(C)C)C(=O)CCNC(=O)OCC1c2ccccc2-c2ccccc21. The van der Waals surface area contributed by atoms with E-state index in [0.29, 0.717) is 6.54 Å². The summed E-state index contributed by atoms with van der Waals surface area (Å²) in [5.74, 6) is -0.708. The van der Waals surface area contributed by atoms with Crippen LogP contribution in [0.15, 0.2) is 48.5 Å². The monoisotopic (exact) mass is 494 g/mol. The standard InChI is InChI=1S/C29H38N2O5/c1-28(2,3)19-31(17-26(33)36-29(4,5)6)25(32)15-16-30-27(34)35-18-24-22-13-9-7-11-20(22)21-12-8-10-14-23(21)24/h7-14,24H,15-19H2,1-6H3,(H,30,34). The van der Waals surface area contributed by atoms with Crippen molar-refractivity contribution in [2.75, 3.05) is 26.2 Å². The highest BCUT2D eigenvalue weighted by Crippen LogP contribution is 2.44. The van der Waals surface area contributed by atoms with Crippen molar-refractivity contribution in [3.8, 4) is 11.1 Å². The van der Waals surface area contributed by atoms with E-state index < -0.39 is 17.7 Å². The van der Waals surface area contributed by atoms with Crippen molar-refractivity contribution >= 4 is 18.0 Å². The quantitative estimate of drug-likeness (QED) is 0.514. The van der Waals surface area contributed by atoms with Crippen molar-refractivity contribution < 1.29 is 23.9 Å². The fourth-order valence-electron chi connectivity index (χ4n) is 4.41. The Kier molecular flexibility index (Phi) is 8.43. The van der Waals surface area contributed by atoms with Gasteiger partial charge in [0, 0.05) is 25.4 Å². The molecule has 0 aliphatic heterocycles. The zero-order valence-electron chi connectivity index (χ0n) is 22.2. The van der Waals surface area contributed by atoms with E-state index in [1.165, 1.54) is 4.90 Å². The van der Waals surface area contributed by atoms with Gasteiger partial charge in [-0.15, -0.1) is 0 Å². The number of nitrogens with one attached hydrogen (secondary N) is 1. The van der Waals surface area contributed by atoms with Crippen molar-refractivity contribution in [1.29, 1.82) is 0 Å². The molecule has 0 saturated heterocycles. The highest BCUT2D eigenvalue weighted by atomic mass is 16.6. The summed E-state index contributed by atoms with van der Waals surface area (Å²) in [6, 6.07) is 16.3. The molecule has 0 heterocycles. The summed E-state index contributed by atoms with van der Waals surface area (Å²) in [4.78, 5) is 39.1. The molecule has 0 spiro atoms. The lowest BCUT2D eigenvalue weighted by molar-refractivity contribution is -0.159. The van der Waals surface area contributed by atoms with Crippen molar-refractivity contribution in [2.45, 2.75) is 59.5 Å². The highest BCUT2D eigenvalue weighted by Gasteiger charge is 2.29. The molecule has 194 valence electrons. The van der Waals surface area contributed by atoms with E-state index in [1.807, 2.05) is 45.0 Å². The second-order valence-electron chi connectivity index (χ2n) is 11.4. The number of carbonyl (C=O) groups excluding carboxylic acids is 3. The molecule has 0 radical (unpaired) electrons. The Bertz CT molecular complexity index is 1050.